The maximum absolute atomic E-state index is 5.47. The third kappa shape index (κ3) is 1.48. The van der Waals surface area contributed by atoms with Gasteiger partial charge in [-0.1, -0.05) is 0 Å². The molecule has 2 aromatic rings. The fourth-order valence-corrected chi connectivity index (χ4v) is 1.27. The second-order valence-corrected chi connectivity index (χ2v) is 3.05. The van der Waals surface area contributed by atoms with E-state index in [0.717, 1.165) is 17.0 Å². The topological polar surface area (TPSA) is 59.6 Å². The summed E-state index contributed by atoms with van der Waals surface area (Å²) in [5, 5.41) is 7.03. The molecule has 0 radical (unpaired) electrons. The summed E-state index contributed by atoms with van der Waals surface area (Å²) in [5.74, 6) is 0. The molecule has 2 aromatic heterocycles. The van der Waals surface area contributed by atoms with Gasteiger partial charge in [-0.2, -0.15) is 5.10 Å². The molecule has 13 heavy (non-hydrogen) atoms. The Bertz CT molecular complexity index is 399. The van der Waals surface area contributed by atoms with Crippen LogP contribution in [0, 0.1) is 0 Å². The van der Waals surface area contributed by atoms with Crippen LogP contribution in [0.1, 0.15) is 5.69 Å². The number of nitrogens with two attached hydrogens (primary N) is 1. The minimum absolute atomic E-state index is 0.500. The molecule has 3 N–H and O–H groups in total. The highest BCUT2D eigenvalue weighted by Gasteiger charge is 2.03. The second kappa shape index (κ2) is 3.06. The molecule has 0 saturated heterocycles. The molecule has 0 amide bonds. The van der Waals surface area contributed by atoms with E-state index in [9.17, 15) is 0 Å². The molecule has 0 bridgehead atoms. The van der Waals surface area contributed by atoms with Crippen molar-refractivity contribution in [1.29, 1.82) is 0 Å². The first-order valence-corrected chi connectivity index (χ1v) is 4.16. The average molecular weight is 176 g/mol. The SMILES string of the molecule is Cn1ccc(-c2cc(CN)[nH]n2)c1. The molecule has 0 aliphatic rings. The summed E-state index contributed by atoms with van der Waals surface area (Å²) in [6.07, 6.45) is 4.02. The lowest BCUT2D eigenvalue weighted by molar-refractivity contribution is 0.927. The summed E-state index contributed by atoms with van der Waals surface area (Å²) in [6.45, 7) is 0.500. The van der Waals surface area contributed by atoms with Crippen molar-refractivity contribution in [3.63, 3.8) is 0 Å². The van der Waals surface area contributed by atoms with Crippen molar-refractivity contribution in [2.45, 2.75) is 6.54 Å². The largest absolute Gasteiger partial charge is 0.357 e. The van der Waals surface area contributed by atoms with Gasteiger partial charge in [0.25, 0.3) is 0 Å². The van der Waals surface area contributed by atoms with Crippen LogP contribution in [0.15, 0.2) is 24.5 Å². The number of aromatic nitrogens is 3. The van der Waals surface area contributed by atoms with Gasteiger partial charge in [0.15, 0.2) is 0 Å². The second-order valence-electron chi connectivity index (χ2n) is 3.05. The highest BCUT2D eigenvalue weighted by atomic mass is 15.1. The number of hydrogen-bond acceptors (Lipinski definition) is 2. The molecule has 0 unspecified atom stereocenters. The third-order valence-electron chi connectivity index (χ3n) is 1.98. The summed E-state index contributed by atoms with van der Waals surface area (Å²) in [4.78, 5) is 0. The standard InChI is InChI=1S/C9H12N4/c1-13-3-2-7(6-13)9-4-8(5-10)11-12-9/h2-4,6H,5,10H2,1H3,(H,11,12). The Labute approximate surface area is 76.4 Å². The van der Waals surface area contributed by atoms with Gasteiger partial charge < -0.3 is 10.3 Å². The van der Waals surface area contributed by atoms with E-state index in [1.54, 1.807) is 0 Å². The van der Waals surface area contributed by atoms with Gasteiger partial charge in [-0.25, -0.2) is 0 Å². The van der Waals surface area contributed by atoms with Crippen molar-refractivity contribution in [3.05, 3.63) is 30.2 Å². The van der Waals surface area contributed by atoms with Crippen molar-refractivity contribution < 1.29 is 0 Å². The zero-order valence-electron chi connectivity index (χ0n) is 7.49. The normalized spacial score (nSPS) is 10.6. The van der Waals surface area contributed by atoms with Crippen LogP contribution in [-0.2, 0) is 13.6 Å². The Morgan fingerprint density at radius 2 is 2.46 bits per heavy atom. The number of nitrogens with one attached hydrogen (secondary N) is 1. The van der Waals surface area contributed by atoms with Crippen LogP contribution < -0.4 is 5.73 Å². The number of rotatable bonds is 2. The number of aromatic amines is 1. The van der Waals surface area contributed by atoms with Crippen LogP contribution in [0.3, 0.4) is 0 Å². The van der Waals surface area contributed by atoms with E-state index in [1.807, 2.05) is 36.1 Å². The summed E-state index contributed by atoms with van der Waals surface area (Å²) in [6, 6.07) is 3.99. The Balaban J connectivity index is 2.35. The highest BCUT2D eigenvalue weighted by Crippen LogP contribution is 2.16. The van der Waals surface area contributed by atoms with E-state index < -0.39 is 0 Å². The van der Waals surface area contributed by atoms with Crippen LogP contribution in [0.4, 0.5) is 0 Å². The van der Waals surface area contributed by atoms with Crippen LogP contribution in [0.25, 0.3) is 11.3 Å². The summed E-state index contributed by atoms with van der Waals surface area (Å²) < 4.78 is 1.99. The van der Waals surface area contributed by atoms with Crippen molar-refractivity contribution in [2.24, 2.45) is 12.8 Å². The Kier molecular flexibility index (Phi) is 1.90. The highest BCUT2D eigenvalue weighted by molar-refractivity contribution is 5.58. The van der Waals surface area contributed by atoms with Gasteiger partial charge in [-0.15, -0.1) is 0 Å². The first-order valence-electron chi connectivity index (χ1n) is 4.16. The van der Waals surface area contributed by atoms with E-state index in [-0.39, 0.29) is 0 Å². The van der Waals surface area contributed by atoms with Crippen molar-refractivity contribution in [1.82, 2.24) is 14.8 Å². The van der Waals surface area contributed by atoms with E-state index >= 15 is 0 Å². The third-order valence-corrected chi connectivity index (χ3v) is 1.98. The van der Waals surface area contributed by atoms with E-state index in [0.29, 0.717) is 6.54 Å². The van der Waals surface area contributed by atoms with Crippen LogP contribution in [-0.4, -0.2) is 14.8 Å². The Morgan fingerprint density at radius 3 is 3.00 bits per heavy atom. The zero-order valence-corrected chi connectivity index (χ0v) is 7.49. The van der Waals surface area contributed by atoms with E-state index in [1.165, 1.54) is 0 Å². The lowest BCUT2D eigenvalue weighted by Gasteiger charge is -1.87. The molecule has 0 aliphatic heterocycles. The molecule has 0 saturated carbocycles. The lowest BCUT2D eigenvalue weighted by atomic mass is 10.2. The number of hydrogen-bond donors (Lipinski definition) is 2. The fourth-order valence-electron chi connectivity index (χ4n) is 1.27. The molecule has 4 heteroatoms. The molecule has 2 rings (SSSR count). The Hall–Kier alpha value is -1.55. The smallest absolute Gasteiger partial charge is 0.0939 e. The van der Waals surface area contributed by atoms with Gasteiger partial charge in [0.2, 0.25) is 0 Å². The molecule has 2 heterocycles. The Morgan fingerprint density at radius 1 is 1.62 bits per heavy atom. The minimum atomic E-state index is 0.500. The maximum Gasteiger partial charge on any atom is 0.0939 e. The van der Waals surface area contributed by atoms with Gasteiger partial charge >= 0.3 is 0 Å². The molecular formula is C9H12N4. The summed E-state index contributed by atoms with van der Waals surface area (Å²) in [5.41, 5.74) is 8.48. The van der Waals surface area contributed by atoms with Gasteiger partial charge in [0, 0.05) is 37.2 Å². The van der Waals surface area contributed by atoms with Crippen LogP contribution >= 0.6 is 0 Å². The molecule has 68 valence electrons. The zero-order chi connectivity index (χ0) is 9.26. The van der Waals surface area contributed by atoms with E-state index in [4.69, 9.17) is 5.73 Å². The number of nitrogens with zero attached hydrogens (tertiary/aromatic N) is 2. The summed E-state index contributed by atoms with van der Waals surface area (Å²) >= 11 is 0. The first-order chi connectivity index (χ1) is 6.29. The van der Waals surface area contributed by atoms with Gasteiger partial charge in [-0.3, -0.25) is 5.10 Å². The average Bonchev–Trinajstić information content (AvgIpc) is 2.71. The van der Waals surface area contributed by atoms with Crippen molar-refractivity contribution >= 4 is 0 Å². The fraction of sp³-hybridized carbons (Fsp3) is 0.222. The molecule has 0 aromatic carbocycles. The molecule has 0 spiro atoms. The predicted octanol–water partition coefficient (Wildman–Crippen LogP) is 0.874. The summed E-state index contributed by atoms with van der Waals surface area (Å²) in [7, 11) is 1.99. The maximum atomic E-state index is 5.47. The van der Waals surface area contributed by atoms with E-state index in [2.05, 4.69) is 10.2 Å². The van der Waals surface area contributed by atoms with Gasteiger partial charge in [0.1, 0.15) is 0 Å². The van der Waals surface area contributed by atoms with Crippen molar-refractivity contribution in [2.75, 3.05) is 0 Å². The molecule has 0 fully saturated rings. The number of aryl methyl sites for hydroxylation is 1. The molecule has 0 aliphatic carbocycles. The van der Waals surface area contributed by atoms with Crippen LogP contribution in [0.5, 0.6) is 0 Å². The molecule has 4 nitrogen and oxygen atoms in total. The quantitative estimate of drug-likeness (QED) is 0.713. The lowest BCUT2D eigenvalue weighted by Crippen LogP contribution is -1.95. The molecule has 0 atom stereocenters. The van der Waals surface area contributed by atoms with Crippen molar-refractivity contribution in [3.8, 4) is 11.3 Å². The predicted molar refractivity (Wildman–Crippen MR) is 50.9 cm³/mol. The minimum Gasteiger partial charge on any atom is -0.357 e. The van der Waals surface area contributed by atoms with Crippen LogP contribution in [0.2, 0.25) is 0 Å². The molecular weight excluding hydrogens is 164 g/mol. The number of H-pyrrole nitrogens is 1. The van der Waals surface area contributed by atoms with Gasteiger partial charge in [-0.05, 0) is 12.1 Å². The first kappa shape index (κ1) is 8.07. The monoisotopic (exact) mass is 176 g/mol. The van der Waals surface area contributed by atoms with Gasteiger partial charge in [0.05, 0.1) is 5.69 Å².